The van der Waals surface area contributed by atoms with Gasteiger partial charge >= 0.3 is 5.97 Å². The average Bonchev–Trinajstić information content (AvgIpc) is 2.59. The molecule has 0 amide bonds. The number of Topliss-reactive ketones (excluding diaryl/α,β-unsaturated/α-hetero) is 2. The second kappa shape index (κ2) is 7.35. The van der Waals surface area contributed by atoms with Gasteiger partial charge in [0.25, 0.3) is 0 Å². The van der Waals surface area contributed by atoms with Gasteiger partial charge in [-0.2, -0.15) is 0 Å². The lowest BCUT2D eigenvalue weighted by Crippen LogP contribution is -2.24. The molecule has 0 fully saturated rings. The fourth-order valence-electron chi connectivity index (χ4n) is 2.27. The number of carboxylic acid groups (broad SMARTS) is 1. The van der Waals surface area contributed by atoms with Crippen LogP contribution in [0, 0.1) is 0 Å². The van der Waals surface area contributed by atoms with Crippen LogP contribution in [-0.2, 0) is 9.59 Å². The van der Waals surface area contributed by atoms with Crippen molar-refractivity contribution in [3.05, 3.63) is 65.7 Å². The maximum atomic E-state index is 12.3. The van der Waals surface area contributed by atoms with Gasteiger partial charge in [-0.3, -0.25) is 9.59 Å². The van der Waals surface area contributed by atoms with Crippen molar-refractivity contribution in [3.63, 3.8) is 0 Å². The van der Waals surface area contributed by atoms with E-state index < -0.39 is 17.7 Å². The number of rotatable bonds is 7. The Bertz CT molecular complexity index is 704. The monoisotopic (exact) mass is 312 g/mol. The number of aliphatic carboxylic acids is 1. The molecule has 23 heavy (non-hydrogen) atoms. The molecule has 0 saturated heterocycles. The molecule has 0 radical (unpaired) electrons. The van der Waals surface area contributed by atoms with E-state index in [9.17, 15) is 14.4 Å². The Morgan fingerprint density at radius 1 is 1.00 bits per heavy atom. The molecule has 1 atom stereocenters. The van der Waals surface area contributed by atoms with Gasteiger partial charge in [-0.25, -0.2) is 4.79 Å². The van der Waals surface area contributed by atoms with Crippen molar-refractivity contribution in [2.75, 3.05) is 7.11 Å². The molecule has 0 aliphatic heterocycles. The van der Waals surface area contributed by atoms with Gasteiger partial charge in [0.05, 0.1) is 13.0 Å². The third kappa shape index (κ3) is 4.03. The van der Waals surface area contributed by atoms with Crippen molar-refractivity contribution in [3.8, 4) is 5.75 Å². The molecule has 2 aromatic carbocycles. The van der Waals surface area contributed by atoms with Crippen molar-refractivity contribution in [2.45, 2.75) is 12.3 Å². The SMILES string of the molecule is COc1ccc(C(CC(=O)c2ccccc2)C(=O)C(=O)O)cc1. The predicted octanol–water partition coefficient (Wildman–Crippen LogP) is 2.71. The van der Waals surface area contributed by atoms with E-state index in [0.717, 1.165) is 0 Å². The van der Waals surface area contributed by atoms with E-state index in [1.165, 1.54) is 7.11 Å². The highest BCUT2D eigenvalue weighted by Gasteiger charge is 2.29. The van der Waals surface area contributed by atoms with Crippen LogP contribution in [0.1, 0.15) is 28.3 Å². The standard InChI is InChI=1S/C18H16O5/c1-23-14-9-7-12(8-10-14)15(17(20)18(21)22)11-16(19)13-5-3-2-4-6-13/h2-10,15H,11H2,1H3,(H,21,22). The summed E-state index contributed by atoms with van der Waals surface area (Å²) in [7, 11) is 1.51. The molecule has 118 valence electrons. The fourth-order valence-corrected chi connectivity index (χ4v) is 2.27. The lowest BCUT2D eigenvalue weighted by Gasteiger charge is -2.14. The minimum absolute atomic E-state index is 0.193. The number of carbonyl (C=O) groups excluding carboxylic acids is 2. The second-order valence-corrected chi connectivity index (χ2v) is 4.99. The van der Waals surface area contributed by atoms with Crippen molar-refractivity contribution >= 4 is 17.5 Å². The van der Waals surface area contributed by atoms with Crippen LogP contribution in [0.3, 0.4) is 0 Å². The van der Waals surface area contributed by atoms with E-state index in [-0.39, 0.29) is 12.2 Å². The average molecular weight is 312 g/mol. The summed E-state index contributed by atoms with van der Waals surface area (Å²) in [5.74, 6) is -3.26. The van der Waals surface area contributed by atoms with Gasteiger partial charge in [-0.1, -0.05) is 42.5 Å². The summed E-state index contributed by atoms with van der Waals surface area (Å²) in [5.41, 5.74) is 0.923. The van der Waals surface area contributed by atoms with Crippen LogP contribution in [0.4, 0.5) is 0 Å². The molecule has 5 nitrogen and oxygen atoms in total. The van der Waals surface area contributed by atoms with Crippen molar-refractivity contribution in [1.29, 1.82) is 0 Å². The van der Waals surface area contributed by atoms with Crippen LogP contribution in [0.25, 0.3) is 0 Å². The van der Waals surface area contributed by atoms with Crippen LogP contribution in [-0.4, -0.2) is 29.8 Å². The van der Waals surface area contributed by atoms with Gasteiger partial charge in [-0.15, -0.1) is 0 Å². The summed E-state index contributed by atoms with van der Waals surface area (Å²) >= 11 is 0. The van der Waals surface area contributed by atoms with E-state index in [2.05, 4.69) is 0 Å². The molecule has 1 N–H and O–H groups in total. The lowest BCUT2D eigenvalue weighted by atomic mass is 9.88. The Hall–Kier alpha value is -2.95. The predicted molar refractivity (Wildman–Crippen MR) is 83.8 cm³/mol. The first-order chi connectivity index (χ1) is 11.0. The van der Waals surface area contributed by atoms with Crippen LogP contribution in [0.5, 0.6) is 5.75 Å². The highest BCUT2D eigenvalue weighted by atomic mass is 16.5. The zero-order chi connectivity index (χ0) is 16.8. The summed E-state index contributed by atoms with van der Waals surface area (Å²) < 4.78 is 5.04. The second-order valence-electron chi connectivity index (χ2n) is 4.99. The molecular weight excluding hydrogens is 296 g/mol. The van der Waals surface area contributed by atoms with Gasteiger partial charge in [-0.05, 0) is 17.7 Å². The smallest absolute Gasteiger partial charge is 0.372 e. The maximum absolute atomic E-state index is 12.3. The largest absolute Gasteiger partial charge is 0.497 e. The number of hydrogen-bond acceptors (Lipinski definition) is 4. The first kappa shape index (κ1) is 16.4. The molecule has 2 rings (SSSR count). The number of methoxy groups -OCH3 is 1. The molecule has 0 aliphatic carbocycles. The number of ketones is 2. The molecular formula is C18H16O5. The Balaban J connectivity index is 2.29. The number of carboxylic acids is 1. The molecule has 0 saturated carbocycles. The van der Waals surface area contributed by atoms with Gasteiger partial charge in [0.1, 0.15) is 5.75 Å². The van der Waals surface area contributed by atoms with Crippen LogP contribution in [0.2, 0.25) is 0 Å². The summed E-state index contributed by atoms with van der Waals surface area (Å²) in [4.78, 5) is 35.4. The minimum Gasteiger partial charge on any atom is -0.497 e. The normalized spacial score (nSPS) is 11.5. The Morgan fingerprint density at radius 3 is 2.13 bits per heavy atom. The Morgan fingerprint density at radius 2 is 1.61 bits per heavy atom. The van der Waals surface area contributed by atoms with Crippen LogP contribution in [0.15, 0.2) is 54.6 Å². The van der Waals surface area contributed by atoms with E-state index in [1.807, 2.05) is 0 Å². The summed E-state index contributed by atoms with van der Waals surface area (Å²) in [5, 5.41) is 9.01. The number of benzene rings is 2. The number of ether oxygens (including phenoxy) is 1. The van der Waals surface area contributed by atoms with E-state index in [0.29, 0.717) is 16.9 Å². The quantitative estimate of drug-likeness (QED) is 0.628. The molecule has 0 aliphatic rings. The number of hydrogen-bond donors (Lipinski definition) is 1. The molecule has 0 bridgehead atoms. The molecule has 1 unspecified atom stereocenters. The van der Waals surface area contributed by atoms with Gasteiger partial charge < -0.3 is 9.84 Å². The van der Waals surface area contributed by atoms with Gasteiger partial charge in [0, 0.05) is 12.0 Å². The summed E-state index contributed by atoms with van der Waals surface area (Å²) in [6.07, 6.45) is -0.193. The third-order valence-corrected chi connectivity index (χ3v) is 3.53. The zero-order valence-corrected chi connectivity index (χ0v) is 12.6. The lowest BCUT2D eigenvalue weighted by molar-refractivity contribution is -0.149. The highest BCUT2D eigenvalue weighted by molar-refractivity contribution is 6.35. The summed E-state index contributed by atoms with van der Waals surface area (Å²) in [6.45, 7) is 0. The first-order valence-electron chi connectivity index (χ1n) is 7.02. The molecule has 0 aromatic heterocycles. The van der Waals surface area contributed by atoms with Crippen LogP contribution < -0.4 is 4.74 Å². The highest BCUT2D eigenvalue weighted by Crippen LogP contribution is 2.25. The van der Waals surface area contributed by atoms with Crippen molar-refractivity contribution in [1.82, 2.24) is 0 Å². The number of carbonyl (C=O) groups is 3. The molecule has 2 aromatic rings. The van der Waals surface area contributed by atoms with Crippen molar-refractivity contribution < 1.29 is 24.2 Å². The Kier molecular flexibility index (Phi) is 5.25. The first-order valence-corrected chi connectivity index (χ1v) is 7.02. The Labute approximate surface area is 133 Å². The topological polar surface area (TPSA) is 80.7 Å². The maximum Gasteiger partial charge on any atom is 0.372 e. The van der Waals surface area contributed by atoms with E-state index in [4.69, 9.17) is 9.84 Å². The minimum atomic E-state index is -1.55. The van der Waals surface area contributed by atoms with E-state index in [1.54, 1.807) is 54.6 Å². The summed E-state index contributed by atoms with van der Waals surface area (Å²) in [6, 6.07) is 14.9. The molecule has 0 heterocycles. The van der Waals surface area contributed by atoms with Crippen molar-refractivity contribution in [2.24, 2.45) is 0 Å². The third-order valence-electron chi connectivity index (χ3n) is 3.53. The molecule has 0 spiro atoms. The zero-order valence-electron chi connectivity index (χ0n) is 12.6. The van der Waals surface area contributed by atoms with Gasteiger partial charge in [0.2, 0.25) is 5.78 Å². The fraction of sp³-hybridized carbons (Fsp3) is 0.167. The van der Waals surface area contributed by atoms with E-state index >= 15 is 0 Å². The van der Waals surface area contributed by atoms with Gasteiger partial charge in [0.15, 0.2) is 5.78 Å². The molecule has 5 heteroatoms. The van der Waals surface area contributed by atoms with Crippen LogP contribution >= 0.6 is 0 Å².